The topological polar surface area (TPSA) is 76.9 Å². The number of aromatic nitrogens is 1. The molecular weight excluding hydrogens is 360 g/mol. The molecule has 2 N–H and O–H groups in total. The average molecular weight is 373 g/mol. The Morgan fingerprint density at radius 2 is 1.63 bits per heavy atom. The molecule has 5 heteroatoms. The Labute approximate surface area is 159 Å². The summed E-state index contributed by atoms with van der Waals surface area (Å²) in [5.41, 5.74) is 2.87. The van der Waals surface area contributed by atoms with Crippen LogP contribution in [0.15, 0.2) is 71.5 Å². The van der Waals surface area contributed by atoms with Crippen molar-refractivity contribution in [3.63, 3.8) is 0 Å². The van der Waals surface area contributed by atoms with Crippen LogP contribution in [0.1, 0.15) is 5.56 Å². The van der Waals surface area contributed by atoms with Crippen molar-refractivity contribution < 1.29 is 5.11 Å². The van der Waals surface area contributed by atoms with Gasteiger partial charge in [-0.25, -0.2) is 0 Å². The van der Waals surface area contributed by atoms with Gasteiger partial charge < -0.3 is 10.1 Å². The Hall–Kier alpha value is -3.55. The molecule has 0 aliphatic carbocycles. The minimum atomic E-state index is -0.425. The number of pyridine rings is 1. The molecule has 0 saturated heterocycles. The van der Waals surface area contributed by atoms with Gasteiger partial charge in [-0.3, -0.25) is 4.79 Å². The number of benzene rings is 3. The fourth-order valence-corrected chi connectivity index (χ4v) is 3.34. The molecule has 0 fully saturated rings. The van der Waals surface area contributed by atoms with Crippen molar-refractivity contribution in [3.05, 3.63) is 87.7 Å². The van der Waals surface area contributed by atoms with Crippen molar-refractivity contribution in [1.82, 2.24) is 4.98 Å². The second kappa shape index (κ2) is 6.64. The number of fused-ring (bicyclic) bond motifs is 1. The van der Waals surface area contributed by atoms with Crippen LogP contribution in [0, 0.1) is 11.3 Å². The molecule has 3 aromatic carbocycles. The van der Waals surface area contributed by atoms with Crippen LogP contribution >= 0.6 is 11.6 Å². The summed E-state index contributed by atoms with van der Waals surface area (Å²) in [4.78, 5) is 15.4. The van der Waals surface area contributed by atoms with E-state index in [4.69, 9.17) is 11.6 Å². The first kappa shape index (κ1) is 16.9. The maximum Gasteiger partial charge on any atom is 0.260 e. The third kappa shape index (κ3) is 2.95. The van der Waals surface area contributed by atoms with E-state index in [1.807, 2.05) is 54.6 Å². The van der Waals surface area contributed by atoms with E-state index in [9.17, 15) is 15.2 Å². The molecule has 4 aromatic rings. The minimum absolute atomic E-state index is 0.159. The number of H-pyrrole nitrogens is 1. The van der Waals surface area contributed by atoms with E-state index in [1.165, 1.54) is 12.1 Å². The summed E-state index contributed by atoms with van der Waals surface area (Å²) in [5.74, 6) is -0.174. The van der Waals surface area contributed by atoms with Crippen LogP contribution < -0.4 is 5.56 Å². The average Bonchev–Trinajstić information content (AvgIpc) is 2.68. The first-order chi connectivity index (χ1) is 13.1. The molecule has 130 valence electrons. The van der Waals surface area contributed by atoms with E-state index in [1.54, 1.807) is 6.07 Å². The summed E-state index contributed by atoms with van der Waals surface area (Å²) in [7, 11) is 0. The van der Waals surface area contributed by atoms with Crippen LogP contribution in [-0.2, 0) is 0 Å². The zero-order valence-electron chi connectivity index (χ0n) is 14.0. The van der Waals surface area contributed by atoms with Gasteiger partial charge in [-0.1, -0.05) is 60.1 Å². The molecule has 0 atom stereocenters. The standard InChI is InChI=1S/C22H13ClN2O2/c23-18-11-19-17(10-16(18)12-24)21(26)20(22(27)25-19)15-8-4-7-14(9-15)13-5-2-1-3-6-13/h1-11H,(H2,25,26,27). The predicted molar refractivity (Wildman–Crippen MR) is 107 cm³/mol. The summed E-state index contributed by atoms with van der Waals surface area (Å²) >= 11 is 6.03. The number of aromatic amines is 1. The van der Waals surface area contributed by atoms with Crippen molar-refractivity contribution >= 4 is 22.5 Å². The van der Waals surface area contributed by atoms with Gasteiger partial charge in [0.2, 0.25) is 0 Å². The number of aromatic hydroxyl groups is 1. The van der Waals surface area contributed by atoms with E-state index < -0.39 is 5.56 Å². The lowest BCUT2D eigenvalue weighted by Crippen LogP contribution is -2.09. The smallest absolute Gasteiger partial charge is 0.260 e. The van der Waals surface area contributed by atoms with Crippen molar-refractivity contribution in [2.45, 2.75) is 0 Å². The summed E-state index contributed by atoms with van der Waals surface area (Å²) in [6.45, 7) is 0. The Morgan fingerprint density at radius 1 is 0.926 bits per heavy atom. The molecule has 0 bridgehead atoms. The fraction of sp³-hybridized carbons (Fsp3) is 0. The van der Waals surface area contributed by atoms with Gasteiger partial charge in [-0.05, 0) is 34.9 Å². The highest BCUT2D eigenvalue weighted by molar-refractivity contribution is 6.32. The third-order valence-corrected chi connectivity index (χ3v) is 4.77. The van der Waals surface area contributed by atoms with E-state index >= 15 is 0 Å². The third-order valence-electron chi connectivity index (χ3n) is 4.45. The summed E-state index contributed by atoms with van der Waals surface area (Å²) in [5, 5.41) is 20.6. The van der Waals surface area contributed by atoms with Crippen LogP contribution in [0.25, 0.3) is 33.2 Å². The SMILES string of the molecule is N#Cc1cc2c(O)c(-c3cccc(-c4ccccc4)c3)c(=O)[nH]c2cc1Cl. The van der Waals surface area contributed by atoms with Gasteiger partial charge in [0.05, 0.1) is 21.7 Å². The van der Waals surface area contributed by atoms with Crippen LogP contribution in [0.2, 0.25) is 5.02 Å². The van der Waals surface area contributed by atoms with Gasteiger partial charge in [0.1, 0.15) is 11.8 Å². The Balaban J connectivity index is 1.96. The van der Waals surface area contributed by atoms with Gasteiger partial charge in [-0.2, -0.15) is 5.26 Å². The zero-order valence-corrected chi connectivity index (χ0v) is 14.8. The molecule has 1 heterocycles. The molecular formula is C22H13ClN2O2. The number of hydrogen-bond acceptors (Lipinski definition) is 3. The van der Waals surface area contributed by atoms with Crippen molar-refractivity contribution in [3.8, 4) is 34.1 Å². The largest absolute Gasteiger partial charge is 0.506 e. The first-order valence-corrected chi connectivity index (χ1v) is 8.61. The monoisotopic (exact) mass is 372 g/mol. The lowest BCUT2D eigenvalue weighted by atomic mass is 9.98. The highest BCUT2D eigenvalue weighted by atomic mass is 35.5. The van der Waals surface area contributed by atoms with Gasteiger partial charge in [0.15, 0.2) is 0 Å². The van der Waals surface area contributed by atoms with Crippen molar-refractivity contribution in [2.75, 3.05) is 0 Å². The van der Waals surface area contributed by atoms with Gasteiger partial charge in [0, 0.05) is 5.39 Å². The van der Waals surface area contributed by atoms with E-state index in [-0.39, 0.29) is 21.9 Å². The number of hydrogen-bond donors (Lipinski definition) is 2. The lowest BCUT2D eigenvalue weighted by molar-refractivity contribution is 0.482. The normalized spacial score (nSPS) is 10.7. The first-order valence-electron chi connectivity index (χ1n) is 8.23. The minimum Gasteiger partial charge on any atom is -0.506 e. The Morgan fingerprint density at radius 3 is 2.37 bits per heavy atom. The number of rotatable bonds is 2. The van der Waals surface area contributed by atoms with E-state index in [2.05, 4.69) is 4.98 Å². The van der Waals surface area contributed by atoms with Gasteiger partial charge >= 0.3 is 0 Å². The van der Waals surface area contributed by atoms with E-state index in [0.29, 0.717) is 16.5 Å². The quantitative estimate of drug-likeness (QED) is 0.514. The lowest BCUT2D eigenvalue weighted by Gasteiger charge is -2.10. The fourth-order valence-electron chi connectivity index (χ4n) is 3.14. The molecule has 0 amide bonds. The number of nitriles is 1. The zero-order chi connectivity index (χ0) is 19.0. The van der Waals surface area contributed by atoms with Crippen LogP contribution in [-0.4, -0.2) is 10.1 Å². The van der Waals surface area contributed by atoms with Crippen LogP contribution in [0.5, 0.6) is 5.75 Å². The maximum absolute atomic E-state index is 12.6. The molecule has 0 aliphatic heterocycles. The Kier molecular flexibility index (Phi) is 4.15. The maximum atomic E-state index is 12.6. The predicted octanol–water partition coefficient (Wildman–Crippen LogP) is 5.09. The summed E-state index contributed by atoms with van der Waals surface area (Å²) in [6.07, 6.45) is 0. The molecule has 27 heavy (non-hydrogen) atoms. The highest BCUT2D eigenvalue weighted by Gasteiger charge is 2.16. The number of nitrogens with one attached hydrogen (secondary N) is 1. The van der Waals surface area contributed by atoms with Crippen LogP contribution in [0.3, 0.4) is 0 Å². The molecule has 4 nitrogen and oxygen atoms in total. The Bertz CT molecular complexity index is 1270. The van der Waals surface area contributed by atoms with E-state index in [0.717, 1.165) is 11.1 Å². The molecule has 0 spiro atoms. The highest BCUT2D eigenvalue weighted by Crippen LogP contribution is 2.35. The van der Waals surface area contributed by atoms with Gasteiger partial charge in [0.25, 0.3) is 5.56 Å². The molecule has 0 saturated carbocycles. The molecule has 1 aromatic heterocycles. The molecule has 4 rings (SSSR count). The molecule has 0 radical (unpaired) electrons. The number of halogens is 1. The summed E-state index contributed by atoms with van der Waals surface area (Å²) in [6, 6.07) is 22.1. The number of nitrogens with zero attached hydrogens (tertiary/aromatic N) is 1. The van der Waals surface area contributed by atoms with Crippen molar-refractivity contribution in [2.24, 2.45) is 0 Å². The molecule has 0 aliphatic rings. The van der Waals surface area contributed by atoms with Crippen LogP contribution in [0.4, 0.5) is 0 Å². The second-order valence-corrected chi connectivity index (χ2v) is 6.52. The van der Waals surface area contributed by atoms with Crippen molar-refractivity contribution in [1.29, 1.82) is 5.26 Å². The second-order valence-electron chi connectivity index (χ2n) is 6.11. The summed E-state index contributed by atoms with van der Waals surface area (Å²) < 4.78 is 0. The van der Waals surface area contributed by atoms with Gasteiger partial charge in [-0.15, -0.1) is 0 Å². The molecule has 0 unspecified atom stereocenters.